The molecule has 1 fully saturated rings. The second-order valence-corrected chi connectivity index (χ2v) is 7.74. The van der Waals surface area contributed by atoms with Gasteiger partial charge in [0.2, 0.25) is 0 Å². The maximum atomic E-state index is 5.78. The third-order valence-corrected chi connectivity index (χ3v) is 5.54. The molecule has 0 N–H and O–H groups in total. The van der Waals surface area contributed by atoms with E-state index >= 15 is 0 Å². The minimum Gasteiger partial charge on any atom is -0.494 e. The zero-order chi connectivity index (χ0) is 17.7. The van der Waals surface area contributed by atoms with E-state index in [9.17, 15) is 0 Å². The van der Waals surface area contributed by atoms with Crippen LogP contribution in [-0.4, -0.2) is 6.61 Å². The molecule has 140 valence electrons. The summed E-state index contributed by atoms with van der Waals surface area (Å²) in [7, 11) is 0. The normalized spacial score (nSPS) is 20.9. The van der Waals surface area contributed by atoms with Gasteiger partial charge in [0.1, 0.15) is 5.75 Å². The van der Waals surface area contributed by atoms with Crippen molar-refractivity contribution >= 4 is 0 Å². The molecule has 0 aromatic heterocycles. The number of hydrogen-bond acceptors (Lipinski definition) is 1. The summed E-state index contributed by atoms with van der Waals surface area (Å²) in [6, 6.07) is 8.69. The Labute approximate surface area is 155 Å². The predicted octanol–water partition coefficient (Wildman–Crippen LogP) is 7.35. The van der Waals surface area contributed by atoms with Crippen LogP contribution in [0.5, 0.6) is 5.75 Å². The highest BCUT2D eigenvalue weighted by molar-refractivity contribution is 5.27. The lowest BCUT2D eigenvalue weighted by Crippen LogP contribution is -2.12. The summed E-state index contributed by atoms with van der Waals surface area (Å²) in [5.74, 6) is 2.86. The van der Waals surface area contributed by atoms with Crippen LogP contribution >= 0.6 is 0 Å². The largest absolute Gasteiger partial charge is 0.494 e. The molecule has 1 aromatic rings. The van der Waals surface area contributed by atoms with Crippen LogP contribution in [0.3, 0.4) is 0 Å². The van der Waals surface area contributed by atoms with Crippen molar-refractivity contribution in [2.75, 3.05) is 6.61 Å². The zero-order valence-electron chi connectivity index (χ0n) is 16.5. The van der Waals surface area contributed by atoms with Gasteiger partial charge in [0.05, 0.1) is 6.61 Å². The van der Waals surface area contributed by atoms with Crippen molar-refractivity contribution in [1.29, 1.82) is 0 Å². The van der Waals surface area contributed by atoms with Gasteiger partial charge in [-0.3, -0.25) is 0 Å². The van der Waals surface area contributed by atoms with E-state index in [-0.39, 0.29) is 0 Å². The van der Waals surface area contributed by atoms with Gasteiger partial charge < -0.3 is 4.74 Å². The number of ether oxygens (including phenoxy) is 1. The first-order chi connectivity index (χ1) is 12.3. The Morgan fingerprint density at radius 1 is 0.960 bits per heavy atom. The molecule has 1 heteroatoms. The molecular formula is C24H38O. The Morgan fingerprint density at radius 3 is 2.40 bits per heavy atom. The Balaban J connectivity index is 1.61. The van der Waals surface area contributed by atoms with Crippen LogP contribution < -0.4 is 4.74 Å². The van der Waals surface area contributed by atoms with E-state index in [1.54, 1.807) is 0 Å². The maximum Gasteiger partial charge on any atom is 0.119 e. The van der Waals surface area contributed by atoms with E-state index in [1.807, 2.05) is 0 Å². The van der Waals surface area contributed by atoms with Gasteiger partial charge in [-0.25, -0.2) is 0 Å². The molecule has 1 aliphatic carbocycles. The summed E-state index contributed by atoms with van der Waals surface area (Å²) in [5, 5.41) is 0. The Hall–Kier alpha value is -1.24. The summed E-state index contributed by atoms with van der Waals surface area (Å²) in [4.78, 5) is 0. The van der Waals surface area contributed by atoms with Crippen LogP contribution in [0.4, 0.5) is 0 Å². The van der Waals surface area contributed by atoms with Gasteiger partial charge in [-0.1, -0.05) is 63.8 Å². The van der Waals surface area contributed by atoms with Crippen molar-refractivity contribution in [3.8, 4) is 5.75 Å². The fourth-order valence-corrected chi connectivity index (χ4v) is 3.91. The summed E-state index contributed by atoms with van der Waals surface area (Å²) in [6.07, 6.45) is 19.4. The van der Waals surface area contributed by atoms with E-state index < -0.39 is 0 Å². The van der Waals surface area contributed by atoms with E-state index in [1.165, 1.54) is 56.9 Å². The van der Waals surface area contributed by atoms with E-state index in [4.69, 9.17) is 4.74 Å². The fourth-order valence-electron chi connectivity index (χ4n) is 3.91. The summed E-state index contributed by atoms with van der Waals surface area (Å²) >= 11 is 0. The van der Waals surface area contributed by atoms with Crippen LogP contribution in [0.15, 0.2) is 36.4 Å². The summed E-state index contributed by atoms with van der Waals surface area (Å²) in [6.45, 7) is 5.38. The molecule has 0 atom stereocenters. The second kappa shape index (κ2) is 12.2. The molecule has 0 aliphatic heterocycles. The molecule has 0 bridgehead atoms. The van der Waals surface area contributed by atoms with Gasteiger partial charge in [-0.05, 0) is 74.5 Å². The fraction of sp³-hybridized carbons (Fsp3) is 0.667. The van der Waals surface area contributed by atoms with Gasteiger partial charge in [0.15, 0.2) is 0 Å². The molecule has 0 radical (unpaired) electrons. The molecule has 1 nitrogen and oxygen atoms in total. The highest BCUT2D eigenvalue weighted by atomic mass is 16.5. The SMILES string of the molecule is CCCCCOc1ccc(CCC=CC2CCC(CCC)CC2)cc1. The average Bonchev–Trinajstić information content (AvgIpc) is 2.65. The van der Waals surface area contributed by atoms with Crippen LogP contribution in [0.25, 0.3) is 0 Å². The van der Waals surface area contributed by atoms with Gasteiger partial charge >= 0.3 is 0 Å². The topological polar surface area (TPSA) is 9.23 Å². The zero-order valence-corrected chi connectivity index (χ0v) is 16.5. The Kier molecular flexibility index (Phi) is 9.77. The standard InChI is InChI=1S/C24H38O/c1-3-5-8-20-25-24-18-16-23(17-19-24)11-7-6-10-22-14-12-21(9-4-2)13-15-22/h6,10,16-19,21-22H,3-5,7-9,11-15,20H2,1-2H3. The minimum atomic E-state index is 0.840. The summed E-state index contributed by atoms with van der Waals surface area (Å²) < 4.78 is 5.78. The smallest absolute Gasteiger partial charge is 0.119 e. The quantitative estimate of drug-likeness (QED) is 0.302. The third kappa shape index (κ3) is 8.12. The van der Waals surface area contributed by atoms with Crippen molar-refractivity contribution in [2.24, 2.45) is 11.8 Å². The molecule has 0 heterocycles. The lowest BCUT2D eigenvalue weighted by molar-refractivity contribution is 0.294. The van der Waals surface area contributed by atoms with Crippen LogP contribution in [-0.2, 0) is 6.42 Å². The Morgan fingerprint density at radius 2 is 1.72 bits per heavy atom. The molecule has 1 aliphatic rings. The number of hydrogen-bond donors (Lipinski definition) is 0. The number of benzene rings is 1. The van der Waals surface area contributed by atoms with Crippen molar-refractivity contribution in [3.05, 3.63) is 42.0 Å². The minimum absolute atomic E-state index is 0.840. The third-order valence-electron chi connectivity index (χ3n) is 5.54. The second-order valence-electron chi connectivity index (χ2n) is 7.74. The average molecular weight is 343 g/mol. The Bertz CT molecular complexity index is 465. The molecular weight excluding hydrogens is 304 g/mol. The molecule has 0 unspecified atom stereocenters. The van der Waals surface area contributed by atoms with Crippen LogP contribution in [0.2, 0.25) is 0 Å². The van der Waals surface area contributed by atoms with Crippen molar-refractivity contribution in [3.63, 3.8) is 0 Å². The van der Waals surface area contributed by atoms with E-state index in [2.05, 4.69) is 50.3 Å². The van der Waals surface area contributed by atoms with E-state index in [0.29, 0.717) is 0 Å². The van der Waals surface area contributed by atoms with Gasteiger partial charge in [0.25, 0.3) is 0 Å². The van der Waals surface area contributed by atoms with Crippen molar-refractivity contribution in [2.45, 2.75) is 84.5 Å². The number of aryl methyl sites for hydroxylation is 1. The van der Waals surface area contributed by atoms with Crippen molar-refractivity contribution in [1.82, 2.24) is 0 Å². The van der Waals surface area contributed by atoms with Gasteiger partial charge in [-0.2, -0.15) is 0 Å². The molecule has 1 saturated carbocycles. The molecule has 0 spiro atoms. The predicted molar refractivity (Wildman–Crippen MR) is 109 cm³/mol. The summed E-state index contributed by atoms with van der Waals surface area (Å²) in [5.41, 5.74) is 1.41. The molecule has 0 amide bonds. The van der Waals surface area contributed by atoms with Crippen molar-refractivity contribution < 1.29 is 4.74 Å². The highest BCUT2D eigenvalue weighted by Gasteiger charge is 2.18. The van der Waals surface area contributed by atoms with Crippen LogP contribution in [0.1, 0.15) is 83.6 Å². The van der Waals surface area contributed by atoms with Gasteiger partial charge in [0, 0.05) is 0 Å². The van der Waals surface area contributed by atoms with Crippen LogP contribution in [0, 0.1) is 11.8 Å². The van der Waals surface area contributed by atoms with Gasteiger partial charge in [-0.15, -0.1) is 0 Å². The molecule has 1 aromatic carbocycles. The highest BCUT2D eigenvalue weighted by Crippen LogP contribution is 2.32. The monoisotopic (exact) mass is 342 g/mol. The first kappa shape index (κ1) is 20.1. The lowest BCUT2D eigenvalue weighted by Gasteiger charge is -2.26. The molecule has 25 heavy (non-hydrogen) atoms. The van der Waals surface area contributed by atoms with E-state index in [0.717, 1.165) is 43.5 Å². The maximum absolute atomic E-state index is 5.78. The number of allylic oxidation sites excluding steroid dienone is 2. The number of rotatable bonds is 11. The lowest BCUT2D eigenvalue weighted by atomic mass is 9.80. The molecule has 0 saturated heterocycles. The first-order valence-electron chi connectivity index (χ1n) is 10.7. The first-order valence-corrected chi connectivity index (χ1v) is 10.7. The molecule has 2 rings (SSSR count). The number of unbranched alkanes of at least 4 members (excludes halogenated alkanes) is 2.